The molecule has 0 bridgehead atoms. The largest absolute Gasteiger partial charge is 0.362 e. The van der Waals surface area contributed by atoms with E-state index >= 15 is 0 Å². The molecule has 2 heterocycles. The molecule has 5 nitrogen and oxygen atoms in total. The zero-order valence-corrected chi connectivity index (χ0v) is 13.7. The number of anilines is 1. The molecule has 0 fully saturated rings. The van der Waals surface area contributed by atoms with Crippen LogP contribution in [0.15, 0.2) is 42.5 Å². The van der Waals surface area contributed by atoms with E-state index < -0.39 is 0 Å². The molecule has 0 aliphatic heterocycles. The van der Waals surface area contributed by atoms with Crippen molar-refractivity contribution in [3.05, 3.63) is 53.9 Å². The van der Waals surface area contributed by atoms with E-state index in [1.165, 1.54) is 24.8 Å². The average molecular weight is 309 g/mol. The van der Waals surface area contributed by atoms with Crippen LogP contribution >= 0.6 is 0 Å². The van der Waals surface area contributed by atoms with Crippen LogP contribution in [0.25, 0.3) is 5.65 Å². The van der Waals surface area contributed by atoms with Crippen LogP contribution in [-0.2, 0) is 0 Å². The van der Waals surface area contributed by atoms with Crippen LogP contribution in [0.3, 0.4) is 0 Å². The van der Waals surface area contributed by atoms with Crippen LogP contribution in [0.2, 0.25) is 0 Å². The predicted molar refractivity (Wildman–Crippen MR) is 92.5 cm³/mol. The number of benzene rings is 1. The number of aryl methyl sites for hydroxylation is 1. The summed E-state index contributed by atoms with van der Waals surface area (Å²) < 4.78 is 1.77. The highest BCUT2D eigenvalue weighted by Gasteiger charge is 2.12. The van der Waals surface area contributed by atoms with Gasteiger partial charge in [0.2, 0.25) is 0 Å². The van der Waals surface area contributed by atoms with Crippen molar-refractivity contribution in [1.29, 1.82) is 0 Å². The first-order valence-electron chi connectivity index (χ1n) is 8.28. The Labute approximate surface area is 136 Å². The molecule has 0 saturated carbocycles. The van der Waals surface area contributed by atoms with Crippen molar-refractivity contribution >= 4 is 11.5 Å². The highest BCUT2D eigenvalue weighted by atomic mass is 15.4. The molecule has 0 aliphatic carbocycles. The van der Waals surface area contributed by atoms with Gasteiger partial charge in [-0.05, 0) is 31.0 Å². The molecule has 1 aromatic carbocycles. The molecule has 120 valence electrons. The molecule has 2 aromatic heterocycles. The third kappa shape index (κ3) is 3.67. The molecule has 1 N–H and O–H groups in total. The van der Waals surface area contributed by atoms with Crippen LogP contribution in [0.4, 0.5) is 5.82 Å². The van der Waals surface area contributed by atoms with Gasteiger partial charge in [-0.1, -0.05) is 56.5 Å². The van der Waals surface area contributed by atoms with Crippen molar-refractivity contribution in [3.63, 3.8) is 0 Å². The number of aromatic nitrogens is 4. The van der Waals surface area contributed by atoms with Crippen molar-refractivity contribution in [3.8, 4) is 0 Å². The lowest BCUT2D eigenvalue weighted by molar-refractivity contribution is 0.603. The summed E-state index contributed by atoms with van der Waals surface area (Å²) in [6.07, 6.45) is 4.78. The van der Waals surface area contributed by atoms with Gasteiger partial charge in [0.25, 0.3) is 0 Å². The highest BCUT2D eigenvalue weighted by molar-refractivity contribution is 5.45. The molecular formula is C18H23N5. The summed E-state index contributed by atoms with van der Waals surface area (Å²) >= 11 is 0. The van der Waals surface area contributed by atoms with Gasteiger partial charge >= 0.3 is 0 Å². The minimum absolute atomic E-state index is 0.268. The number of fused-ring (bicyclic) bond motifs is 1. The van der Waals surface area contributed by atoms with E-state index in [2.05, 4.69) is 57.9 Å². The summed E-state index contributed by atoms with van der Waals surface area (Å²) in [6.45, 7) is 4.14. The van der Waals surface area contributed by atoms with E-state index in [9.17, 15) is 0 Å². The van der Waals surface area contributed by atoms with E-state index in [1.807, 2.05) is 19.1 Å². The first-order chi connectivity index (χ1) is 11.3. The fraction of sp³-hybridized carbons (Fsp3) is 0.389. The molecule has 0 saturated heterocycles. The Morgan fingerprint density at radius 2 is 1.87 bits per heavy atom. The second kappa shape index (κ2) is 7.22. The molecule has 0 amide bonds. The summed E-state index contributed by atoms with van der Waals surface area (Å²) in [6, 6.07) is 14.8. The summed E-state index contributed by atoms with van der Waals surface area (Å²) in [7, 11) is 0. The Kier molecular flexibility index (Phi) is 4.86. The van der Waals surface area contributed by atoms with Gasteiger partial charge in [0.1, 0.15) is 5.82 Å². The molecule has 0 aliphatic rings. The zero-order valence-electron chi connectivity index (χ0n) is 13.7. The molecule has 5 heteroatoms. The minimum atomic E-state index is 0.268. The van der Waals surface area contributed by atoms with Gasteiger partial charge in [0.15, 0.2) is 11.5 Å². The summed E-state index contributed by atoms with van der Waals surface area (Å²) in [4.78, 5) is 0. The monoisotopic (exact) mass is 309 g/mol. The molecule has 3 aromatic rings. The smallest absolute Gasteiger partial charge is 0.178 e. The normalized spacial score (nSPS) is 12.4. The molecule has 0 spiro atoms. The number of unbranched alkanes of at least 4 members (excludes halogenated alkanes) is 2. The lowest BCUT2D eigenvalue weighted by Gasteiger charge is -2.20. The van der Waals surface area contributed by atoms with Gasteiger partial charge in [0, 0.05) is 0 Å². The maximum atomic E-state index is 4.61. The van der Waals surface area contributed by atoms with Crippen LogP contribution < -0.4 is 5.32 Å². The Morgan fingerprint density at radius 1 is 1.04 bits per heavy atom. The molecule has 23 heavy (non-hydrogen) atoms. The third-order valence-electron chi connectivity index (χ3n) is 4.04. The van der Waals surface area contributed by atoms with Crippen LogP contribution in [-0.4, -0.2) is 19.8 Å². The number of rotatable bonds is 7. The maximum Gasteiger partial charge on any atom is 0.178 e. The fourth-order valence-electron chi connectivity index (χ4n) is 2.76. The SMILES string of the molecule is CCCCCC(Nc1ccc2nnc(C)n2n1)c1ccccc1. The number of nitrogens with one attached hydrogen (secondary N) is 1. The highest BCUT2D eigenvalue weighted by Crippen LogP contribution is 2.24. The van der Waals surface area contributed by atoms with E-state index in [0.717, 1.165) is 23.7 Å². The molecule has 3 rings (SSSR count). The quantitative estimate of drug-likeness (QED) is 0.666. The van der Waals surface area contributed by atoms with Gasteiger partial charge in [-0.2, -0.15) is 4.52 Å². The zero-order chi connectivity index (χ0) is 16.1. The fourth-order valence-corrected chi connectivity index (χ4v) is 2.76. The van der Waals surface area contributed by atoms with Gasteiger partial charge < -0.3 is 5.32 Å². The molecule has 1 atom stereocenters. The van der Waals surface area contributed by atoms with Crippen LogP contribution in [0.1, 0.15) is 50.0 Å². The van der Waals surface area contributed by atoms with Crippen molar-refractivity contribution in [1.82, 2.24) is 19.8 Å². The lowest BCUT2D eigenvalue weighted by Crippen LogP contribution is -2.13. The van der Waals surface area contributed by atoms with E-state index in [4.69, 9.17) is 0 Å². The van der Waals surface area contributed by atoms with E-state index in [1.54, 1.807) is 4.52 Å². The first kappa shape index (κ1) is 15.5. The topological polar surface area (TPSA) is 55.1 Å². The van der Waals surface area contributed by atoms with E-state index in [0.29, 0.717) is 0 Å². The van der Waals surface area contributed by atoms with Crippen molar-refractivity contribution in [2.75, 3.05) is 5.32 Å². The van der Waals surface area contributed by atoms with Crippen LogP contribution in [0, 0.1) is 6.92 Å². The van der Waals surface area contributed by atoms with Crippen molar-refractivity contribution < 1.29 is 0 Å². The summed E-state index contributed by atoms with van der Waals surface area (Å²) in [5.41, 5.74) is 2.07. The predicted octanol–water partition coefficient (Wildman–Crippen LogP) is 4.17. The molecule has 0 radical (unpaired) electrons. The Morgan fingerprint density at radius 3 is 2.65 bits per heavy atom. The Hall–Kier alpha value is -2.43. The van der Waals surface area contributed by atoms with Crippen molar-refractivity contribution in [2.24, 2.45) is 0 Å². The summed E-state index contributed by atoms with van der Waals surface area (Å²) in [5, 5.41) is 16.3. The van der Waals surface area contributed by atoms with Gasteiger partial charge in [-0.3, -0.25) is 0 Å². The number of hydrogen-bond acceptors (Lipinski definition) is 4. The van der Waals surface area contributed by atoms with Crippen molar-refractivity contribution in [2.45, 2.75) is 45.6 Å². The Balaban J connectivity index is 1.82. The summed E-state index contributed by atoms with van der Waals surface area (Å²) in [5.74, 6) is 1.65. The molecule has 1 unspecified atom stereocenters. The first-order valence-corrected chi connectivity index (χ1v) is 8.28. The minimum Gasteiger partial charge on any atom is -0.362 e. The van der Waals surface area contributed by atoms with Gasteiger partial charge in [-0.25, -0.2) is 0 Å². The second-order valence-electron chi connectivity index (χ2n) is 5.84. The third-order valence-corrected chi connectivity index (χ3v) is 4.04. The van der Waals surface area contributed by atoms with E-state index in [-0.39, 0.29) is 6.04 Å². The molecular weight excluding hydrogens is 286 g/mol. The maximum absolute atomic E-state index is 4.61. The standard InChI is InChI=1S/C18H23N5/c1-3-4-6-11-16(15-9-7-5-8-10-15)19-17-12-13-18-21-20-14(2)23(18)22-17/h5,7-10,12-13,16H,3-4,6,11H2,1-2H3,(H,19,22). The number of hydrogen-bond donors (Lipinski definition) is 1. The van der Waals surface area contributed by atoms with Crippen LogP contribution in [0.5, 0.6) is 0 Å². The lowest BCUT2D eigenvalue weighted by atomic mass is 10.0. The van der Waals surface area contributed by atoms with Gasteiger partial charge in [0.05, 0.1) is 6.04 Å². The van der Waals surface area contributed by atoms with Gasteiger partial charge in [-0.15, -0.1) is 15.3 Å². The Bertz CT molecular complexity index is 750. The average Bonchev–Trinajstić information content (AvgIpc) is 2.96. The second-order valence-corrected chi connectivity index (χ2v) is 5.84. The number of nitrogens with zero attached hydrogens (tertiary/aromatic N) is 4.